The lowest BCUT2D eigenvalue weighted by molar-refractivity contribution is 0.101. The lowest BCUT2D eigenvalue weighted by Gasteiger charge is -2.07. The van der Waals surface area contributed by atoms with Crippen LogP contribution in [0.1, 0.15) is 29.3 Å². The summed E-state index contributed by atoms with van der Waals surface area (Å²) in [5.41, 5.74) is -0.534. The number of benzene rings is 1. The van der Waals surface area contributed by atoms with Gasteiger partial charge in [-0.2, -0.15) is 0 Å². The van der Waals surface area contributed by atoms with Gasteiger partial charge in [-0.25, -0.2) is 8.78 Å². The Labute approximate surface area is 84.1 Å². The second-order valence-corrected chi connectivity index (χ2v) is 3.10. The number of hydrogen-bond donors (Lipinski definition) is 1. The number of phenols is 1. The van der Waals surface area contributed by atoms with Gasteiger partial charge in [0.15, 0.2) is 5.78 Å². The molecule has 14 heavy (non-hydrogen) atoms. The molecular formula is C9H7ClF2O2. The van der Waals surface area contributed by atoms with Crippen molar-refractivity contribution in [3.05, 3.63) is 28.3 Å². The molecule has 1 aromatic carbocycles. The molecule has 5 heteroatoms. The Morgan fingerprint density at radius 1 is 1.50 bits per heavy atom. The van der Waals surface area contributed by atoms with Gasteiger partial charge in [0, 0.05) is 5.56 Å². The zero-order chi connectivity index (χ0) is 10.9. The Morgan fingerprint density at radius 2 is 2.07 bits per heavy atom. The molecule has 0 aliphatic carbocycles. The number of carbonyl (C=O) groups is 1. The number of phenolic OH excluding ortho intramolecular Hbond substituents is 1. The first-order valence-electron chi connectivity index (χ1n) is 3.75. The smallest absolute Gasteiger partial charge is 0.267 e. The van der Waals surface area contributed by atoms with Crippen molar-refractivity contribution >= 4 is 17.4 Å². The number of Topliss-reactive ketones (excluding diaryl/α,β-unsaturated/α-hetero) is 1. The fraction of sp³-hybridized carbons (Fsp3) is 0.222. The number of aromatic hydroxyl groups is 1. The fourth-order valence-electron chi connectivity index (χ4n) is 1.03. The summed E-state index contributed by atoms with van der Waals surface area (Å²) in [5.74, 6) is -1.11. The summed E-state index contributed by atoms with van der Waals surface area (Å²) in [7, 11) is 0. The highest BCUT2D eigenvalue weighted by atomic mass is 35.5. The standard InChI is InChI=1S/C9H7ClF2O2/c1-4(13)5-2-3-6(9(11)12)8(14)7(5)10/h2-3,9,14H,1H3. The molecule has 76 valence electrons. The Hall–Kier alpha value is -1.16. The van der Waals surface area contributed by atoms with Gasteiger partial charge in [0.2, 0.25) is 0 Å². The molecule has 0 heterocycles. The number of hydrogen-bond acceptors (Lipinski definition) is 2. The minimum Gasteiger partial charge on any atom is -0.506 e. The molecule has 0 saturated heterocycles. The summed E-state index contributed by atoms with van der Waals surface area (Å²) in [6, 6.07) is 2.16. The molecule has 0 aliphatic rings. The second-order valence-electron chi connectivity index (χ2n) is 2.72. The molecule has 0 spiro atoms. The first-order valence-corrected chi connectivity index (χ1v) is 4.13. The van der Waals surface area contributed by atoms with Crippen LogP contribution in [0.3, 0.4) is 0 Å². The summed E-state index contributed by atoms with van der Waals surface area (Å²) in [5, 5.41) is 8.91. The number of halogens is 3. The highest BCUT2D eigenvalue weighted by Crippen LogP contribution is 2.36. The van der Waals surface area contributed by atoms with Crippen molar-refractivity contribution in [2.45, 2.75) is 13.3 Å². The molecule has 1 aromatic rings. The van der Waals surface area contributed by atoms with Crippen LogP contribution in [0, 0.1) is 0 Å². The van der Waals surface area contributed by atoms with Crippen LogP contribution in [0.5, 0.6) is 5.75 Å². The number of rotatable bonds is 2. The summed E-state index contributed by atoms with van der Waals surface area (Å²) >= 11 is 5.53. The predicted molar refractivity (Wildman–Crippen MR) is 48.1 cm³/mol. The van der Waals surface area contributed by atoms with Gasteiger partial charge in [-0.15, -0.1) is 0 Å². The highest BCUT2D eigenvalue weighted by Gasteiger charge is 2.18. The van der Waals surface area contributed by atoms with Gasteiger partial charge in [0.25, 0.3) is 6.43 Å². The van der Waals surface area contributed by atoms with Crippen LogP contribution in [-0.2, 0) is 0 Å². The van der Waals surface area contributed by atoms with Crippen molar-refractivity contribution in [3.8, 4) is 5.75 Å². The van der Waals surface area contributed by atoms with Crippen LogP contribution in [-0.4, -0.2) is 10.9 Å². The fourth-order valence-corrected chi connectivity index (χ4v) is 1.33. The van der Waals surface area contributed by atoms with Gasteiger partial charge in [-0.1, -0.05) is 11.6 Å². The van der Waals surface area contributed by atoms with Crippen LogP contribution < -0.4 is 0 Å². The molecule has 1 rings (SSSR count). The zero-order valence-corrected chi connectivity index (χ0v) is 7.98. The first-order chi connectivity index (χ1) is 6.45. The van der Waals surface area contributed by atoms with Crippen LogP contribution in [0.4, 0.5) is 8.78 Å². The molecule has 0 aliphatic heterocycles. The summed E-state index contributed by atoms with van der Waals surface area (Å²) < 4.78 is 24.5. The average molecular weight is 221 g/mol. The van der Waals surface area contributed by atoms with Crippen LogP contribution in [0.2, 0.25) is 5.02 Å². The number of alkyl halides is 2. The Morgan fingerprint density at radius 3 is 2.50 bits per heavy atom. The quantitative estimate of drug-likeness (QED) is 0.778. The average Bonchev–Trinajstić information content (AvgIpc) is 2.08. The van der Waals surface area contributed by atoms with Crippen molar-refractivity contribution in [2.75, 3.05) is 0 Å². The molecule has 2 nitrogen and oxygen atoms in total. The Bertz CT molecular complexity index is 377. The molecule has 0 radical (unpaired) electrons. The summed E-state index contributed by atoms with van der Waals surface area (Å²) in [6.45, 7) is 1.24. The normalized spacial score (nSPS) is 10.6. The van der Waals surface area contributed by atoms with Crippen LogP contribution in [0.25, 0.3) is 0 Å². The predicted octanol–water partition coefficient (Wildman–Crippen LogP) is 3.19. The lowest BCUT2D eigenvalue weighted by Crippen LogP contribution is -1.96. The molecule has 0 amide bonds. The van der Waals surface area contributed by atoms with Gasteiger partial charge in [-0.3, -0.25) is 4.79 Å². The largest absolute Gasteiger partial charge is 0.506 e. The molecular weight excluding hydrogens is 214 g/mol. The monoisotopic (exact) mass is 220 g/mol. The van der Waals surface area contributed by atoms with Gasteiger partial charge >= 0.3 is 0 Å². The van der Waals surface area contributed by atoms with Gasteiger partial charge in [-0.05, 0) is 19.1 Å². The maximum atomic E-state index is 12.2. The lowest BCUT2D eigenvalue weighted by atomic mass is 10.1. The van der Waals surface area contributed by atoms with E-state index in [1.54, 1.807) is 0 Å². The van der Waals surface area contributed by atoms with E-state index in [-0.39, 0.29) is 16.4 Å². The van der Waals surface area contributed by atoms with E-state index < -0.39 is 17.7 Å². The summed E-state index contributed by atoms with van der Waals surface area (Å²) in [4.78, 5) is 10.9. The minimum absolute atomic E-state index is 0.0357. The van der Waals surface area contributed by atoms with Gasteiger partial charge in [0.05, 0.1) is 10.6 Å². The van der Waals surface area contributed by atoms with E-state index in [4.69, 9.17) is 11.6 Å². The van der Waals surface area contributed by atoms with Crippen molar-refractivity contribution < 1.29 is 18.7 Å². The van der Waals surface area contributed by atoms with E-state index in [0.717, 1.165) is 6.07 Å². The van der Waals surface area contributed by atoms with Crippen molar-refractivity contribution in [1.29, 1.82) is 0 Å². The third kappa shape index (κ3) is 1.85. The molecule has 0 bridgehead atoms. The molecule has 1 N–H and O–H groups in total. The van der Waals surface area contributed by atoms with E-state index in [2.05, 4.69) is 0 Å². The van der Waals surface area contributed by atoms with Crippen LogP contribution >= 0.6 is 11.6 Å². The van der Waals surface area contributed by atoms with Crippen molar-refractivity contribution in [2.24, 2.45) is 0 Å². The third-order valence-electron chi connectivity index (χ3n) is 1.76. The second kappa shape index (κ2) is 3.92. The zero-order valence-electron chi connectivity index (χ0n) is 7.22. The third-order valence-corrected chi connectivity index (χ3v) is 2.14. The van der Waals surface area contributed by atoms with E-state index in [1.165, 1.54) is 13.0 Å². The highest BCUT2D eigenvalue weighted by molar-refractivity contribution is 6.35. The first kappa shape index (κ1) is 10.9. The summed E-state index contributed by atoms with van der Waals surface area (Å²) in [6.07, 6.45) is -2.81. The SMILES string of the molecule is CC(=O)c1ccc(C(F)F)c(O)c1Cl. The molecule has 0 fully saturated rings. The van der Waals surface area contributed by atoms with Crippen LogP contribution in [0.15, 0.2) is 12.1 Å². The topological polar surface area (TPSA) is 37.3 Å². The number of carbonyl (C=O) groups excluding carboxylic acids is 1. The van der Waals surface area contributed by atoms with E-state index in [9.17, 15) is 18.7 Å². The molecule has 0 unspecified atom stereocenters. The Balaban J connectivity index is 3.33. The van der Waals surface area contributed by atoms with E-state index >= 15 is 0 Å². The van der Waals surface area contributed by atoms with Crippen molar-refractivity contribution in [3.63, 3.8) is 0 Å². The van der Waals surface area contributed by atoms with E-state index in [1.807, 2.05) is 0 Å². The molecule has 0 saturated carbocycles. The van der Waals surface area contributed by atoms with Crippen molar-refractivity contribution in [1.82, 2.24) is 0 Å². The minimum atomic E-state index is -2.81. The number of ketones is 1. The maximum Gasteiger partial charge on any atom is 0.267 e. The van der Waals surface area contributed by atoms with Gasteiger partial charge in [0.1, 0.15) is 5.75 Å². The van der Waals surface area contributed by atoms with Gasteiger partial charge < -0.3 is 5.11 Å². The van der Waals surface area contributed by atoms with E-state index in [0.29, 0.717) is 0 Å². The Kier molecular flexibility index (Phi) is 3.06. The maximum absolute atomic E-state index is 12.2. The molecule has 0 aromatic heterocycles. The molecule has 0 atom stereocenters.